The Labute approximate surface area is 132 Å². The van der Waals surface area contributed by atoms with Crippen LogP contribution >= 0.6 is 22.6 Å². The number of piperazine rings is 1. The van der Waals surface area contributed by atoms with E-state index in [1.54, 1.807) is 12.4 Å². The quantitative estimate of drug-likeness (QED) is 0.637. The van der Waals surface area contributed by atoms with Gasteiger partial charge < -0.3 is 15.5 Å². The number of halogens is 1. The van der Waals surface area contributed by atoms with Gasteiger partial charge >= 0.3 is 0 Å². The highest BCUT2D eigenvalue weighted by atomic mass is 127. The van der Waals surface area contributed by atoms with Crippen molar-refractivity contribution >= 4 is 39.9 Å². The molecule has 0 radical (unpaired) electrons. The average molecular weight is 381 g/mol. The van der Waals surface area contributed by atoms with Crippen LogP contribution in [0.5, 0.6) is 0 Å². The minimum atomic E-state index is 0.814. The zero-order valence-electron chi connectivity index (χ0n) is 11.0. The number of nitrogen functional groups attached to an aromatic ring is 1. The maximum Gasteiger partial charge on any atom is 0.225 e. The van der Waals surface area contributed by atoms with Gasteiger partial charge in [0.25, 0.3) is 0 Å². The van der Waals surface area contributed by atoms with Gasteiger partial charge in [0.05, 0.1) is 5.69 Å². The number of aromatic nitrogens is 2. The van der Waals surface area contributed by atoms with Gasteiger partial charge in [0.15, 0.2) is 0 Å². The highest BCUT2D eigenvalue weighted by Crippen LogP contribution is 2.26. The molecule has 5 nitrogen and oxygen atoms in total. The average Bonchev–Trinajstić information content (AvgIpc) is 2.48. The van der Waals surface area contributed by atoms with Crippen molar-refractivity contribution in [3.63, 3.8) is 0 Å². The van der Waals surface area contributed by atoms with Crippen LogP contribution in [0.25, 0.3) is 0 Å². The lowest BCUT2D eigenvalue weighted by Gasteiger charge is -2.36. The van der Waals surface area contributed by atoms with Gasteiger partial charge in [0.1, 0.15) is 0 Å². The van der Waals surface area contributed by atoms with Crippen molar-refractivity contribution in [2.45, 2.75) is 0 Å². The standard InChI is InChI=1S/C14H16IN5/c15-12-10-11(16)2-3-13(12)19-6-8-20(9-7-19)14-17-4-1-5-18-14/h1-5,10H,6-9,16H2. The molecule has 1 aliphatic heterocycles. The van der Waals surface area contributed by atoms with E-state index in [-0.39, 0.29) is 0 Å². The van der Waals surface area contributed by atoms with Crippen molar-refractivity contribution < 1.29 is 0 Å². The van der Waals surface area contributed by atoms with Crippen molar-refractivity contribution in [1.29, 1.82) is 0 Å². The number of nitrogens with two attached hydrogens (primary N) is 1. The van der Waals surface area contributed by atoms with Gasteiger partial charge in [-0.1, -0.05) is 0 Å². The van der Waals surface area contributed by atoms with Crippen LogP contribution in [-0.2, 0) is 0 Å². The topological polar surface area (TPSA) is 58.3 Å². The molecule has 2 N–H and O–H groups in total. The summed E-state index contributed by atoms with van der Waals surface area (Å²) in [5.41, 5.74) is 7.88. The molecule has 0 amide bonds. The zero-order chi connectivity index (χ0) is 13.9. The SMILES string of the molecule is Nc1ccc(N2CCN(c3ncccn3)CC2)c(I)c1. The van der Waals surface area contributed by atoms with E-state index in [1.165, 1.54) is 9.26 Å². The Bertz CT molecular complexity index is 581. The second-order valence-electron chi connectivity index (χ2n) is 4.73. The summed E-state index contributed by atoms with van der Waals surface area (Å²) in [6.07, 6.45) is 3.58. The summed E-state index contributed by atoms with van der Waals surface area (Å²) in [4.78, 5) is 13.2. The maximum absolute atomic E-state index is 5.81. The molecule has 0 aliphatic carbocycles. The first kappa shape index (κ1) is 13.4. The van der Waals surface area contributed by atoms with Crippen LogP contribution in [0.15, 0.2) is 36.7 Å². The fraction of sp³-hybridized carbons (Fsp3) is 0.286. The van der Waals surface area contributed by atoms with Crippen LogP contribution in [0.3, 0.4) is 0 Å². The van der Waals surface area contributed by atoms with Crippen LogP contribution in [0.2, 0.25) is 0 Å². The molecule has 1 aromatic carbocycles. The molecule has 0 spiro atoms. The van der Waals surface area contributed by atoms with E-state index in [1.807, 2.05) is 18.2 Å². The molecule has 3 rings (SSSR count). The highest BCUT2D eigenvalue weighted by molar-refractivity contribution is 14.1. The smallest absolute Gasteiger partial charge is 0.225 e. The summed E-state index contributed by atoms with van der Waals surface area (Å²) in [5.74, 6) is 0.819. The fourth-order valence-corrected chi connectivity index (χ4v) is 3.26. The van der Waals surface area contributed by atoms with E-state index in [4.69, 9.17) is 5.73 Å². The Morgan fingerprint density at radius 2 is 1.65 bits per heavy atom. The molecule has 6 heteroatoms. The number of hydrogen-bond acceptors (Lipinski definition) is 5. The molecule has 0 bridgehead atoms. The Balaban J connectivity index is 1.69. The van der Waals surface area contributed by atoms with Gasteiger partial charge in [-0.2, -0.15) is 0 Å². The third-order valence-electron chi connectivity index (χ3n) is 3.43. The molecule has 1 aromatic heterocycles. The van der Waals surface area contributed by atoms with Crippen molar-refractivity contribution in [1.82, 2.24) is 9.97 Å². The van der Waals surface area contributed by atoms with E-state index >= 15 is 0 Å². The van der Waals surface area contributed by atoms with Crippen LogP contribution in [-0.4, -0.2) is 36.1 Å². The number of rotatable bonds is 2. The molecule has 1 saturated heterocycles. The third-order valence-corrected chi connectivity index (χ3v) is 4.29. The van der Waals surface area contributed by atoms with Crippen molar-refractivity contribution in [2.75, 3.05) is 41.7 Å². The molecule has 2 heterocycles. The fourth-order valence-electron chi connectivity index (χ4n) is 2.38. The molecule has 104 valence electrons. The Kier molecular flexibility index (Phi) is 3.90. The monoisotopic (exact) mass is 381 g/mol. The zero-order valence-corrected chi connectivity index (χ0v) is 13.2. The normalized spacial score (nSPS) is 15.4. The summed E-state index contributed by atoms with van der Waals surface area (Å²) in [6.45, 7) is 3.81. The minimum absolute atomic E-state index is 0.814. The van der Waals surface area contributed by atoms with Crippen LogP contribution in [0.4, 0.5) is 17.3 Å². The summed E-state index contributed by atoms with van der Waals surface area (Å²) >= 11 is 2.35. The van der Waals surface area contributed by atoms with Gasteiger partial charge in [0.2, 0.25) is 5.95 Å². The molecule has 0 saturated carbocycles. The van der Waals surface area contributed by atoms with E-state index in [0.29, 0.717) is 0 Å². The van der Waals surface area contributed by atoms with E-state index in [2.05, 4.69) is 48.4 Å². The molecule has 0 unspecified atom stereocenters. The summed E-state index contributed by atoms with van der Waals surface area (Å²) in [7, 11) is 0. The molecular weight excluding hydrogens is 365 g/mol. The predicted molar refractivity (Wildman–Crippen MR) is 90.0 cm³/mol. The molecular formula is C14H16IN5. The second-order valence-corrected chi connectivity index (χ2v) is 5.90. The Morgan fingerprint density at radius 3 is 2.30 bits per heavy atom. The predicted octanol–water partition coefficient (Wildman–Crippen LogP) is 1.99. The lowest BCUT2D eigenvalue weighted by molar-refractivity contribution is 0.639. The summed E-state index contributed by atoms with van der Waals surface area (Å²) < 4.78 is 1.20. The highest BCUT2D eigenvalue weighted by Gasteiger charge is 2.20. The van der Waals surface area contributed by atoms with Gasteiger partial charge in [-0.3, -0.25) is 0 Å². The largest absolute Gasteiger partial charge is 0.399 e. The molecule has 1 fully saturated rings. The number of hydrogen-bond donors (Lipinski definition) is 1. The first-order chi connectivity index (χ1) is 9.74. The number of nitrogens with zero attached hydrogens (tertiary/aromatic N) is 4. The molecule has 0 atom stereocenters. The summed E-state index contributed by atoms with van der Waals surface area (Å²) in [5, 5.41) is 0. The van der Waals surface area contributed by atoms with E-state index in [0.717, 1.165) is 37.8 Å². The first-order valence-electron chi connectivity index (χ1n) is 6.56. The van der Waals surface area contributed by atoms with E-state index < -0.39 is 0 Å². The van der Waals surface area contributed by atoms with Crippen molar-refractivity contribution in [2.24, 2.45) is 0 Å². The molecule has 2 aromatic rings. The molecule has 20 heavy (non-hydrogen) atoms. The molecule has 1 aliphatic rings. The third kappa shape index (κ3) is 2.79. The van der Waals surface area contributed by atoms with E-state index in [9.17, 15) is 0 Å². The van der Waals surface area contributed by atoms with Crippen molar-refractivity contribution in [3.05, 3.63) is 40.2 Å². The first-order valence-corrected chi connectivity index (χ1v) is 7.64. The maximum atomic E-state index is 5.81. The summed E-state index contributed by atoms with van der Waals surface area (Å²) in [6, 6.07) is 7.93. The Morgan fingerprint density at radius 1 is 1.00 bits per heavy atom. The minimum Gasteiger partial charge on any atom is -0.399 e. The van der Waals surface area contributed by atoms with Gasteiger partial charge in [-0.15, -0.1) is 0 Å². The Hall–Kier alpha value is -1.57. The lowest BCUT2D eigenvalue weighted by atomic mass is 10.2. The number of benzene rings is 1. The second kappa shape index (κ2) is 5.82. The van der Waals surface area contributed by atoms with Gasteiger partial charge in [-0.05, 0) is 46.9 Å². The van der Waals surface area contributed by atoms with Crippen LogP contribution < -0.4 is 15.5 Å². The van der Waals surface area contributed by atoms with Crippen LogP contribution in [0.1, 0.15) is 0 Å². The van der Waals surface area contributed by atoms with Crippen molar-refractivity contribution in [3.8, 4) is 0 Å². The van der Waals surface area contributed by atoms with Gasteiger partial charge in [-0.25, -0.2) is 9.97 Å². The number of anilines is 3. The van der Waals surface area contributed by atoms with Crippen LogP contribution in [0, 0.1) is 3.57 Å². The van der Waals surface area contributed by atoms with Gasteiger partial charge in [0, 0.05) is 47.8 Å². The lowest BCUT2D eigenvalue weighted by Crippen LogP contribution is -2.47.